The molecule has 0 bridgehead atoms. The lowest BCUT2D eigenvalue weighted by molar-refractivity contribution is 0.0362. The lowest BCUT2D eigenvalue weighted by atomic mass is 10.4. The van der Waals surface area contributed by atoms with E-state index in [1.165, 1.54) is 13.3 Å². The van der Waals surface area contributed by atoms with E-state index >= 15 is 0 Å². The van der Waals surface area contributed by atoms with E-state index < -0.39 is 5.97 Å². The van der Waals surface area contributed by atoms with Gasteiger partial charge >= 0.3 is 5.97 Å². The molecule has 0 spiro atoms. The maximum Gasteiger partial charge on any atom is 0.376 e. The van der Waals surface area contributed by atoms with Gasteiger partial charge in [-0.15, -0.1) is 0 Å². The number of carbonyl (C=O) groups excluding carboxylic acids is 1. The summed E-state index contributed by atoms with van der Waals surface area (Å²) in [5.74, 6) is -0.187. The standard InChI is InChI=1S/C9H12N2O3/c1-6(2)14-9(12)8-10-5-4-7(11-8)13-3/h4-6H,1-3H3. The molecule has 0 saturated heterocycles. The minimum absolute atomic E-state index is 0.0121. The van der Waals surface area contributed by atoms with Gasteiger partial charge in [0.25, 0.3) is 0 Å². The smallest absolute Gasteiger partial charge is 0.376 e. The van der Waals surface area contributed by atoms with Crippen LogP contribution >= 0.6 is 0 Å². The minimum Gasteiger partial charge on any atom is -0.481 e. The van der Waals surface area contributed by atoms with Crippen molar-refractivity contribution in [2.75, 3.05) is 7.11 Å². The fourth-order valence-corrected chi connectivity index (χ4v) is 0.821. The van der Waals surface area contributed by atoms with Crippen LogP contribution < -0.4 is 4.74 Å². The fraction of sp³-hybridized carbons (Fsp3) is 0.444. The van der Waals surface area contributed by atoms with Gasteiger partial charge in [-0.05, 0) is 13.8 Å². The van der Waals surface area contributed by atoms with Gasteiger partial charge in [-0.2, -0.15) is 4.98 Å². The van der Waals surface area contributed by atoms with E-state index in [1.807, 2.05) is 0 Å². The Hall–Kier alpha value is -1.65. The lowest BCUT2D eigenvalue weighted by Crippen LogP contribution is -2.14. The molecule has 0 aromatic carbocycles. The van der Waals surface area contributed by atoms with E-state index in [2.05, 4.69) is 9.97 Å². The highest BCUT2D eigenvalue weighted by Gasteiger charge is 2.12. The summed E-state index contributed by atoms with van der Waals surface area (Å²) >= 11 is 0. The number of carbonyl (C=O) groups is 1. The molecule has 1 aromatic heterocycles. The molecular formula is C9H12N2O3. The van der Waals surface area contributed by atoms with Crippen molar-refractivity contribution in [3.8, 4) is 5.88 Å². The molecule has 1 aromatic rings. The van der Waals surface area contributed by atoms with Gasteiger partial charge in [0.05, 0.1) is 13.2 Å². The topological polar surface area (TPSA) is 61.3 Å². The summed E-state index contributed by atoms with van der Waals surface area (Å²) in [6.07, 6.45) is 1.26. The van der Waals surface area contributed by atoms with Crippen LogP contribution in [0.25, 0.3) is 0 Å². The van der Waals surface area contributed by atoms with Gasteiger partial charge in [-0.3, -0.25) is 0 Å². The average Bonchev–Trinajstić information content (AvgIpc) is 2.17. The van der Waals surface area contributed by atoms with Crippen LogP contribution in [0.3, 0.4) is 0 Å². The number of nitrogens with zero attached hydrogens (tertiary/aromatic N) is 2. The van der Waals surface area contributed by atoms with Crippen molar-refractivity contribution < 1.29 is 14.3 Å². The molecule has 0 aliphatic carbocycles. The Bertz CT molecular complexity index is 326. The van der Waals surface area contributed by atoms with Crippen LogP contribution in [0.5, 0.6) is 5.88 Å². The van der Waals surface area contributed by atoms with Gasteiger partial charge in [0.15, 0.2) is 0 Å². The van der Waals surface area contributed by atoms with Gasteiger partial charge in [-0.25, -0.2) is 9.78 Å². The summed E-state index contributed by atoms with van der Waals surface area (Å²) in [6, 6.07) is 1.56. The highest BCUT2D eigenvalue weighted by molar-refractivity contribution is 5.85. The summed E-state index contributed by atoms with van der Waals surface area (Å²) < 4.78 is 9.77. The third kappa shape index (κ3) is 2.69. The van der Waals surface area contributed by atoms with Crippen LogP contribution in [0.15, 0.2) is 12.3 Å². The number of ether oxygens (including phenoxy) is 2. The second kappa shape index (κ2) is 4.55. The number of esters is 1. The Kier molecular flexibility index (Phi) is 3.39. The van der Waals surface area contributed by atoms with Crippen molar-refractivity contribution in [2.45, 2.75) is 20.0 Å². The van der Waals surface area contributed by atoms with E-state index in [0.717, 1.165) is 0 Å². The Morgan fingerprint density at radius 1 is 1.50 bits per heavy atom. The molecule has 1 rings (SSSR count). The predicted octanol–water partition coefficient (Wildman–Crippen LogP) is 1.05. The highest BCUT2D eigenvalue weighted by Crippen LogP contribution is 2.05. The molecule has 5 heteroatoms. The summed E-state index contributed by atoms with van der Waals surface area (Å²) in [7, 11) is 1.47. The van der Waals surface area contributed by atoms with Crippen molar-refractivity contribution in [1.29, 1.82) is 0 Å². The van der Waals surface area contributed by atoms with Crippen LogP contribution in [-0.4, -0.2) is 29.2 Å². The van der Waals surface area contributed by atoms with E-state index in [0.29, 0.717) is 5.88 Å². The zero-order chi connectivity index (χ0) is 10.6. The van der Waals surface area contributed by atoms with Gasteiger partial charge in [0.1, 0.15) is 0 Å². The zero-order valence-electron chi connectivity index (χ0n) is 8.35. The normalized spacial score (nSPS) is 10.0. The number of rotatable bonds is 3. The maximum atomic E-state index is 11.3. The summed E-state index contributed by atoms with van der Waals surface area (Å²) in [5.41, 5.74) is 0. The van der Waals surface area contributed by atoms with Crippen molar-refractivity contribution in [2.24, 2.45) is 0 Å². The number of methoxy groups -OCH3 is 1. The van der Waals surface area contributed by atoms with Gasteiger partial charge in [0, 0.05) is 12.3 Å². The van der Waals surface area contributed by atoms with E-state index in [9.17, 15) is 4.79 Å². The van der Waals surface area contributed by atoms with Crippen LogP contribution in [0.1, 0.15) is 24.5 Å². The zero-order valence-corrected chi connectivity index (χ0v) is 8.35. The fourth-order valence-electron chi connectivity index (χ4n) is 0.821. The molecule has 0 saturated carbocycles. The maximum absolute atomic E-state index is 11.3. The molecule has 0 radical (unpaired) electrons. The van der Waals surface area contributed by atoms with Crippen LogP contribution in [-0.2, 0) is 4.74 Å². The Labute approximate surface area is 82.1 Å². The molecule has 0 fully saturated rings. The van der Waals surface area contributed by atoms with Gasteiger partial charge < -0.3 is 9.47 Å². The SMILES string of the molecule is COc1ccnc(C(=O)OC(C)C)n1. The van der Waals surface area contributed by atoms with Gasteiger partial charge in [-0.1, -0.05) is 0 Å². The van der Waals surface area contributed by atoms with Crippen molar-refractivity contribution >= 4 is 5.97 Å². The molecule has 14 heavy (non-hydrogen) atoms. The average molecular weight is 196 g/mol. The molecule has 0 aliphatic rings. The molecule has 0 N–H and O–H groups in total. The highest BCUT2D eigenvalue weighted by atomic mass is 16.5. The van der Waals surface area contributed by atoms with Crippen LogP contribution in [0.2, 0.25) is 0 Å². The molecule has 5 nitrogen and oxygen atoms in total. The second-order valence-electron chi connectivity index (χ2n) is 2.88. The first-order valence-corrected chi connectivity index (χ1v) is 4.21. The molecule has 0 atom stereocenters. The number of aromatic nitrogens is 2. The van der Waals surface area contributed by atoms with Crippen molar-refractivity contribution in [1.82, 2.24) is 9.97 Å². The first-order valence-electron chi connectivity index (χ1n) is 4.21. The third-order valence-electron chi connectivity index (χ3n) is 1.36. The van der Waals surface area contributed by atoms with Crippen LogP contribution in [0.4, 0.5) is 0 Å². The quantitative estimate of drug-likeness (QED) is 0.676. The van der Waals surface area contributed by atoms with Crippen molar-refractivity contribution in [3.63, 3.8) is 0 Å². The Morgan fingerprint density at radius 2 is 2.21 bits per heavy atom. The van der Waals surface area contributed by atoms with E-state index in [4.69, 9.17) is 9.47 Å². The van der Waals surface area contributed by atoms with Crippen molar-refractivity contribution in [3.05, 3.63) is 18.1 Å². The minimum atomic E-state index is -0.543. The largest absolute Gasteiger partial charge is 0.481 e. The number of hydrogen-bond donors (Lipinski definition) is 0. The summed E-state index contributed by atoms with van der Waals surface area (Å²) in [5, 5.41) is 0. The summed E-state index contributed by atoms with van der Waals surface area (Å²) in [6.45, 7) is 3.52. The number of hydrogen-bond acceptors (Lipinski definition) is 5. The second-order valence-corrected chi connectivity index (χ2v) is 2.88. The molecular weight excluding hydrogens is 184 g/mol. The molecule has 1 heterocycles. The Balaban J connectivity index is 2.79. The molecule has 0 amide bonds. The first-order chi connectivity index (χ1) is 6.63. The predicted molar refractivity (Wildman–Crippen MR) is 49.1 cm³/mol. The monoisotopic (exact) mass is 196 g/mol. The van der Waals surface area contributed by atoms with Crippen LogP contribution in [0, 0.1) is 0 Å². The Morgan fingerprint density at radius 3 is 2.79 bits per heavy atom. The molecule has 76 valence electrons. The molecule has 0 unspecified atom stereocenters. The lowest BCUT2D eigenvalue weighted by Gasteiger charge is -2.06. The first kappa shape index (κ1) is 10.4. The van der Waals surface area contributed by atoms with E-state index in [1.54, 1.807) is 19.9 Å². The summed E-state index contributed by atoms with van der Waals surface area (Å²) in [4.78, 5) is 18.9. The molecule has 0 aliphatic heterocycles. The van der Waals surface area contributed by atoms with Gasteiger partial charge in [0.2, 0.25) is 11.7 Å². The van der Waals surface area contributed by atoms with E-state index in [-0.39, 0.29) is 11.9 Å². The third-order valence-corrected chi connectivity index (χ3v) is 1.36.